The third-order valence-corrected chi connectivity index (χ3v) is 2.84. The molecule has 0 aromatic heterocycles. The maximum Gasteiger partial charge on any atom is 0.407 e. The van der Waals surface area contributed by atoms with Crippen LogP contribution in [0.2, 0.25) is 0 Å². The van der Waals surface area contributed by atoms with Crippen molar-refractivity contribution in [2.24, 2.45) is 0 Å². The molecule has 0 aliphatic rings. The molecule has 1 rings (SSSR count). The quantitative estimate of drug-likeness (QED) is 0.649. The molecule has 138 valence electrons. The van der Waals surface area contributed by atoms with Crippen LogP contribution < -0.4 is 16.0 Å². The van der Waals surface area contributed by atoms with Crippen LogP contribution in [0.1, 0.15) is 37.6 Å². The van der Waals surface area contributed by atoms with Gasteiger partial charge in [-0.15, -0.1) is 0 Å². The number of carbonyl (C=O) groups is 3. The average molecular weight is 353 g/mol. The van der Waals surface area contributed by atoms with Crippen molar-refractivity contribution in [1.82, 2.24) is 16.0 Å². The molecule has 0 saturated heterocycles. The third-order valence-electron chi connectivity index (χ3n) is 2.84. The number of alkyl carbamates (subject to hydrolysis) is 1. The molecule has 0 aliphatic heterocycles. The van der Waals surface area contributed by atoms with E-state index >= 15 is 0 Å². The monoisotopic (exact) mass is 353 g/mol. The second kappa shape index (κ2) is 9.61. The van der Waals surface area contributed by atoms with Crippen LogP contribution in [0, 0.1) is 5.82 Å². The zero-order valence-corrected chi connectivity index (χ0v) is 14.6. The van der Waals surface area contributed by atoms with E-state index < -0.39 is 23.4 Å². The normalized spacial score (nSPS) is 10.7. The molecule has 7 nitrogen and oxygen atoms in total. The first-order chi connectivity index (χ1) is 11.7. The van der Waals surface area contributed by atoms with Gasteiger partial charge in [0.2, 0.25) is 5.91 Å². The summed E-state index contributed by atoms with van der Waals surface area (Å²) in [7, 11) is 0. The standard InChI is InChI=1S/C17H24FN3O4/c1-17(2,3)25-16(24)21-8-7-14(22)19-9-10-20-15(23)12-5-4-6-13(18)11-12/h4-6,11H,7-10H2,1-3H3,(H,19,22)(H,20,23)(H,21,24). The topological polar surface area (TPSA) is 96.5 Å². The van der Waals surface area contributed by atoms with E-state index in [1.165, 1.54) is 18.2 Å². The Balaban J connectivity index is 2.14. The molecule has 0 heterocycles. The molecule has 0 saturated carbocycles. The fourth-order valence-corrected chi connectivity index (χ4v) is 1.79. The van der Waals surface area contributed by atoms with Crippen molar-refractivity contribution in [2.75, 3.05) is 19.6 Å². The number of benzene rings is 1. The van der Waals surface area contributed by atoms with Gasteiger partial charge < -0.3 is 20.7 Å². The van der Waals surface area contributed by atoms with Gasteiger partial charge in [0.25, 0.3) is 5.91 Å². The van der Waals surface area contributed by atoms with Crippen molar-refractivity contribution in [1.29, 1.82) is 0 Å². The molecule has 1 aromatic carbocycles. The van der Waals surface area contributed by atoms with Gasteiger partial charge in [0.05, 0.1) is 0 Å². The molecule has 3 N–H and O–H groups in total. The largest absolute Gasteiger partial charge is 0.444 e. The van der Waals surface area contributed by atoms with Crippen molar-refractivity contribution >= 4 is 17.9 Å². The summed E-state index contributed by atoms with van der Waals surface area (Å²) in [6.45, 7) is 5.83. The van der Waals surface area contributed by atoms with E-state index in [1.54, 1.807) is 20.8 Å². The van der Waals surface area contributed by atoms with Crippen LogP contribution in [0.25, 0.3) is 0 Å². The first-order valence-corrected chi connectivity index (χ1v) is 7.95. The van der Waals surface area contributed by atoms with E-state index in [4.69, 9.17) is 4.74 Å². The summed E-state index contributed by atoms with van der Waals surface area (Å²) in [5, 5.41) is 7.65. The summed E-state index contributed by atoms with van der Waals surface area (Å²) in [4.78, 5) is 34.7. The number of halogens is 1. The molecule has 0 spiro atoms. The summed E-state index contributed by atoms with van der Waals surface area (Å²) >= 11 is 0. The van der Waals surface area contributed by atoms with Crippen LogP contribution in [0.15, 0.2) is 24.3 Å². The lowest BCUT2D eigenvalue weighted by Crippen LogP contribution is -2.37. The molecule has 0 fully saturated rings. The number of amides is 3. The minimum Gasteiger partial charge on any atom is -0.444 e. The SMILES string of the molecule is CC(C)(C)OC(=O)NCCC(=O)NCCNC(=O)c1cccc(F)c1. The highest BCUT2D eigenvalue weighted by Crippen LogP contribution is 2.06. The smallest absolute Gasteiger partial charge is 0.407 e. The lowest BCUT2D eigenvalue weighted by Gasteiger charge is -2.19. The summed E-state index contributed by atoms with van der Waals surface area (Å²) in [5.74, 6) is -1.17. The second-order valence-electron chi connectivity index (χ2n) is 6.29. The Hall–Kier alpha value is -2.64. The molecule has 3 amide bonds. The highest BCUT2D eigenvalue weighted by Gasteiger charge is 2.15. The van der Waals surface area contributed by atoms with Crippen molar-refractivity contribution in [3.63, 3.8) is 0 Å². The first kappa shape index (κ1) is 20.4. The molecule has 1 aromatic rings. The van der Waals surface area contributed by atoms with E-state index in [0.717, 1.165) is 6.07 Å². The summed E-state index contributed by atoms with van der Waals surface area (Å²) < 4.78 is 18.1. The average Bonchev–Trinajstić information content (AvgIpc) is 2.49. The Morgan fingerprint density at radius 3 is 2.36 bits per heavy atom. The maximum absolute atomic E-state index is 13.0. The number of ether oxygens (including phenoxy) is 1. The molecule has 25 heavy (non-hydrogen) atoms. The molecule has 0 atom stereocenters. The van der Waals surface area contributed by atoms with Gasteiger partial charge in [-0.1, -0.05) is 6.07 Å². The Kier molecular flexibility index (Phi) is 7.84. The van der Waals surface area contributed by atoms with Gasteiger partial charge in [0, 0.05) is 31.6 Å². The third kappa shape index (κ3) is 9.29. The van der Waals surface area contributed by atoms with E-state index in [1.807, 2.05) is 0 Å². The van der Waals surface area contributed by atoms with Crippen molar-refractivity contribution in [3.8, 4) is 0 Å². The minimum absolute atomic E-state index is 0.0943. The molecule has 0 aliphatic carbocycles. The second-order valence-corrected chi connectivity index (χ2v) is 6.29. The van der Waals surface area contributed by atoms with Crippen LogP contribution in [0.4, 0.5) is 9.18 Å². The Labute approximate surface area is 146 Å². The fraction of sp³-hybridized carbons (Fsp3) is 0.471. The lowest BCUT2D eigenvalue weighted by molar-refractivity contribution is -0.120. The van der Waals surface area contributed by atoms with Gasteiger partial charge in [-0.3, -0.25) is 9.59 Å². The van der Waals surface area contributed by atoms with Crippen molar-refractivity contribution < 1.29 is 23.5 Å². The highest BCUT2D eigenvalue weighted by atomic mass is 19.1. The number of hydrogen-bond donors (Lipinski definition) is 3. The fourth-order valence-electron chi connectivity index (χ4n) is 1.79. The number of hydrogen-bond acceptors (Lipinski definition) is 4. The zero-order valence-electron chi connectivity index (χ0n) is 14.6. The van der Waals surface area contributed by atoms with E-state index in [9.17, 15) is 18.8 Å². The van der Waals surface area contributed by atoms with Gasteiger partial charge in [0.15, 0.2) is 0 Å². The van der Waals surface area contributed by atoms with E-state index in [-0.39, 0.29) is 37.5 Å². The van der Waals surface area contributed by atoms with Crippen LogP contribution in [-0.4, -0.2) is 43.1 Å². The van der Waals surface area contributed by atoms with Gasteiger partial charge in [-0.05, 0) is 39.0 Å². The van der Waals surface area contributed by atoms with Crippen LogP contribution in [-0.2, 0) is 9.53 Å². The summed E-state index contributed by atoms with van der Waals surface area (Å²) in [5.41, 5.74) is -0.375. The highest BCUT2D eigenvalue weighted by molar-refractivity contribution is 5.94. The van der Waals surface area contributed by atoms with Crippen molar-refractivity contribution in [2.45, 2.75) is 32.8 Å². The molecule has 0 radical (unpaired) electrons. The Morgan fingerprint density at radius 2 is 1.72 bits per heavy atom. The molecule has 0 bridgehead atoms. The molecular formula is C17H24FN3O4. The number of carbonyl (C=O) groups excluding carboxylic acids is 3. The summed E-state index contributed by atoms with van der Waals surface area (Å²) in [6.07, 6.45) is -0.487. The van der Waals surface area contributed by atoms with Crippen molar-refractivity contribution in [3.05, 3.63) is 35.6 Å². The predicted molar refractivity (Wildman–Crippen MR) is 90.6 cm³/mol. The van der Waals surface area contributed by atoms with Crippen LogP contribution in [0.3, 0.4) is 0 Å². The van der Waals surface area contributed by atoms with E-state index in [2.05, 4.69) is 16.0 Å². The number of nitrogens with one attached hydrogen (secondary N) is 3. The molecule has 0 unspecified atom stereocenters. The minimum atomic E-state index is -0.591. The maximum atomic E-state index is 13.0. The Bertz CT molecular complexity index is 614. The number of rotatable bonds is 7. The van der Waals surface area contributed by atoms with Gasteiger partial charge in [-0.2, -0.15) is 0 Å². The predicted octanol–water partition coefficient (Wildman–Crippen LogP) is 1.59. The zero-order chi connectivity index (χ0) is 18.9. The van der Waals surface area contributed by atoms with Crippen LogP contribution in [0.5, 0.6) is 0 Å². The lowest BCUT2D eigenvalue weighted by atomic mass is 10.2. The van der Waals surface area contributed by atoms with Gasteiger partial charge >= 0.3 is 6.09 Å². The van der Waals surface area contributed by atoms with Crippen LogP contribution >= 0.6 is 0 Å². The summed E-state index contributed by atoms with van der Waals surface area (Å²) in [6, 6.07) is 5.33. The Morgan fingerprint density at radius 1 is 1.04 bits per heavy atom. The molecular weight excluding hydrogens is 329 g/mol. The first-order valence-electron chi connectivity index (χ1n) is 7.95. The van der Waals surface area contributed by atoms with Gasteiger partial charge in [-0.25, -0.2) is 9.18 Å². The molecule has 8 heteroatoms. The van der Waals surface area contributed by atoms with Gasteiger partial charge in [0.1, 0.15) is 11.4 Å². The van der Waals surface area contributed by atoms with E-state index in [0.29, 0.717) is 0 Å².